The van der Waals surface area contributed by atoms with Gasteiger partial charge in [-0.3, -0.25) is 0 Å². The van der Waals surface area contributed by atoms with E-state index in [9.17, 15) is 26.7 Å². The molecule has 0 spiro atoms. The van der Waals surface area contributed by atoms with E-state index in [0.29, 0.717) is 0 Å². The van der Waals surface area contributed by atoms with Crippen LogP contribution < -0.4 is 4.72 Å². The number of thioether (sulfide) groups is 1. The van der Waals surface area contributed by atoms with Crippen LogP contribution >= 0.6 is 11.8 Å². The minimum atomic E-state index is -4.41. The molecule has 0 bridgehead atoms. The fourth-order valence-electron chi connectivity index (χ4n) is 2.59. The molecule has 1 aromatic carbocycles. The zero-order valence-electron chi connectivity index (χ0n) is 13.3. The number of aliphatic hydroxyl groups is 1. The molecule has 9 heteroatoms. The van der Waals surface area contributed by atoms with Crippen LogP contribution in [0.2, 0.25) is 0 Å². The fourth-order valence-corrected chi connectivity index (χ4v) is 4.27. The molecule has 0 amide bonds. The third-order valence-electron chi connectivity index (χ3n) is 4.13. The van der Waals surface area contributed by atoms with E-state index in [1.165, 1.54) is 0 Å². The zero-order chi connectivity index (χ0) is 18.2. The van der Waals surface area contributed by atoms with Gasteiger partial charge < -0.3 is 5.11 Å². The van der Waals surface area contributed by atoms with E-state index in [1.807, 2.05) is 13.8 Å². The highest BCUT2D eigenvalue weighted by Gasteiger charge is 2.50. The molecule has 1 saturated carbocycles. The molecule has 1 aromatic rings. The average molecular weight is 383 g/mol. The highest BCUT2D eigenvalue weighted by atomic mass is 32.2. The Morgan fingerprint density at radius 1 is 1.25 bits per heavy atom. The van der Waals surface area contributed by atoms with Gasteiger partial charge in [0.15, 0.2) is 0 Å². The summed E-state index contributed by atoms with van der Waals surface area (Å²) in [4.78, 5) is -0.167. The second kappa shape index (κ2) is 6.86. The van der Waals surface area contributed by atoms with Gasteiger partial charge in [-0.05, 0) is 54.8 Å². The summed E-state index contributed by atoms with van der Waals surface area (Å²) in [7, 11) is -3.82. The van der Waals surface area contributed by atoms with Gasteiger partial charge in [0.05, 0.1) is 11.0 Å². The molecule has 1 fully saturated rings. The minimum Gasteiger partial charge on any atom is -0.392 e. The van der Waals surface area contributed by atoms with Gasteiger partial charge in [0.1, 0.15) is 0 Å². The Bertz CT molecular complexity index is 668. The van der Waals surface area contributed by atoms with Crippen molar-refractivity contribution in [2.75, 3.05) is 6.54 Å². The van der Waals surface area contributed by atoms with E-state index in [0.717, 1.165) is 37.1 Å². The lowest BCUT2D eigenvalue weighted by Gasteiger charge is -2.25. The van der Waals surface area contributed by atoms with Crippen molar-refractivity contribution in [1.29, 1.82) is 0 Å². The highest BCUT2D eigenvalue weighted by molar-refractivity contribution is 8.00. The maximum atomic E-state index is 12.3. The number of nitrogens with one attached hydrogen (secondary N) is 1. The Kier molecular flexibility index (Phi) is 5.59. The summed E-state index contributed by atoms with van der Waals surface area (Å²) < 4.78 is 63.9. The average Bonchev–Trinajstić information content (AvgIpc) is 3.24. The first-order valence-electron chi connectivity index (χ1n) is 7.49. The molecule has 0 radical (unpaired) electrons. The van der Waals surface area contributed by atoms with Crippen molar-refractivity contribution in [3.8, 4) is 0 Å². The van der Waals surface area contributed by atoms with Crippen molar-refractivity contribution >= 4 is 21.8 Å². The zero-order valence-corrected chi connectivity index (χ0v) is 14.9. The molecule has 0 aromatic heterocycles. The van der Waals surface area contributed by atoms with Crippen molar-refractivity contribution in [2.45, 2.75) is 48.1 Å². The molecule has 0 saturated heterocycles. The number of rotatable bonds is 7. The van der Waals surface area contributed by atoms with E-state index in [1.54, 1.807) is 0 Å². The van der Waals surface area contributed by atoms with Gasteiger partial charge in [-0.1, -0.05) is 13.8 Å². The monoisotopic (exact) mass is 383 g/mol. The Balaban J connectivity index is 2.03. The third-order valence-corrected chi connectivity index (χ3v) is 6.29. The molecule has 2 N–H and O–H groups in total. The quantitative estimate of drug-likeness (QED) is 0.709. The van der Waals surface area contributed by atoms with Crippen LogP contribution in [0.25, 0.3) is 0 Å². The topological polar surface area (TPSA) is 66.4 Å². The summed E-state index contributed by atoms with van der Waals surface area (Å²) in [5, 5.41) is 10.2. The van der Waals surface area contributed by atoms with Gasteiger partial charge in [0.2, 0.25) is 10.0 Å². The Morgan fingerprint density at radius 3 is 2.21 bits per heavy atom. The number of hydrogen-bond acceptors (Lipinski definition) is 4. The number of benzene rings is 1. The molecule has 24 heavy (non-hydrogen) atoms. The summed E-state index contributed by atoms with van der Waals surface area (Å²) in [6.45, 7) is 3.86. The van der Waals surface area contributed by atoms with Crippen molar-refractivity contribution in [3.05, 3.63) is 24.3 Å². The van der Waals surface area contributed by atoms with Crippen molar-refractivity contribution in [3.63, 3.8) is 0 Å². The Labute approximate surface area is 143 Å². The fraction of sp³-hybridized carbons (Fsp3) is 0.600. The maximum absolute atomic E-state index is 12.3. The van der Waals surface area contributed by atoms with E-state index in [4.69, 9.17) is 0 Å². The van der Waals surface area contributed by atoms with Crippen LogP contribution in [0.15, 0.2) is 34.1 Å². The first kappa shape index (κ1) is 19.6. The lowest BCUT2D eigenvalue weighted by molar-refractivity contribution is -0.0328. The second-order valence-electron chi connectivity index (χ2n) is 6.39. The van der Waals surface area contributed by atoms with Gasteiger partial charge >= 0.3 is 5.51 Å². The van der Waals surface area contributed by atoms with Crippen LogP contribution in [0.3, 0.4) is 0 Å². The molecule has 1 aliphatic rings. The number of alkyl halides is 3. The van der Waals surface area contributed by atoms with Crippen molar-refractivity contribution in [2.24, 2.45) is 11.3 Å². The van der Waals surface area contributed by atoms with Gasteiger partial charge in [-0.15, -0.1) is 0 Å². The number of sulfonamides is 1. The van der Waals surface area contributed by atoms with Gasteiger partial charge in [0, 0.05) is 16.9 Å². The lowest BCUT2D eigenvalue weighted by atomic mass is 9.91. The van der Waals surface area contributed by atoms with Gasteiger partial charge in [-0.25, -0.2) is 13.1 Å². The second-order valence-corrected chi connectivity index (χ2v) is 9.30. The molecule has 1 atom stereocenters. The van der Waals surface area contributed by atoms with Crippen molar-refractivity contribution < 1.29 is 26.7 Å². The molecule has 0 aliphatic heterocycles. The summed E-state index contributed by atoms with van der Waals surface area (Å²) in [6.07, 6.45) is 0.900. The van der Waals surface area contributed by atoms with Gasteiger partial charge in [-0.2, -0.15) is 13.2 Å². The number of aliphatic hydroxyl groups excluding tert-OH is 1. The molecule has 0 unspecified atom stereocenters. The standard InChI is InChI=1S/C15H20F3NO3S2/c1-10(2)13(20)14(7-8-14)9-19-24(21,22)12-5-3-11(4-6-12)23-15(16,17)18/h3-6,10,13,19-20H,7-9H2,1-2H3/t13-/m1/s1. The van der Waals surface area contributed by atoms with E-state index in [-0.39, 0.29) is 34.0 Å². The molecule has 4 nitrogen and oxygen atoms in total. The first-order valence-corrected chi connectivity index (χ1v) is 9.79. The smallest absolute Gasteiger partial charge is 0.392 e. The Hall–Kier alpha value is -0.770. The predicted molar refractivity (Wildman–Crippen MR) is 86.1 cm³/mol. The summed E-state index contributed by atoms with van der Waals surface area (Å²) in [6, 6.07) is 4.55. The molecule has 1 aliphatic carbocycles. The van der Waals surface area contributed by atoms with E-state index < -0.39 is 27.1 Å². The molecule has 0 heterocycles. The summed E-state index contributed by atoms with van der Waals surface area (Å²) in [5.74, 6) is 0.0238. The number of halogens is 3. The summed E-state index contributed by atoms with van der Waals surface area (Å²) >= 11 is -0.293. The van der Waals surface area contributed by atoms with Crippen LogP contribution in [0, 0.1) is 11.3 Å². The first-order chi connectivity index (χ1) is 11.0. The van der Waals surface area contributed by atoms with Crippen LogP contribution in [0.5, 0.6) is 0 Å². The summed E-state index contributed by atoms with van der Waals surface area (Å²) in [5.41, 5.74) is -4.85. The van der Waals surface area contributed by atoms with Gasteiger partial charge in [0.25, 0.3) is 0 Å². The molecule has 2 rings (SSSR count). The number of hydrogen-bond donors (Lipinski definition) is 2. The van der Waals surface area contributed by atoms with Crippen LogP contribution in [0.4, 0.5) is 13.2 Å². The molecular weight excluding hydrogens is 363 g/mol. The minimum absolute atomic E-state index is 0.0238. The predicted octanol–water partition coefficient (Wildman–Crippen LogP) is 3.37. The third kappa shape index (κ3) is 4.87. The van der Waals surface area contributed by atoms with Crippen LogP contribution in [-0.2, 0) is 10.0 Å². The Morgan fingerprint density at radius 2 is 1.79 bits per heavy atom. The van der Waals surface area contributed by atoms with Crippen LogP contribution in [0.1, 0.15) is 26.7 Å². The van der Waals surface area contributed by atoms with Crippen molar-refractivity contribution in [1.82, 2.24) is 4.72 Å². The van der Waals surface area contributed by atoms with E-state index >= 15 is 0 Å². The SMILES string of the molecule is CC(C)[C@@H](O)C1(CNS(=O)(=O)c2ccc(SC(F)(F)F)cc2)CC1. The lowest BCUT2D eigenvalue weighted by Crippen LogP contribution is -2.38. The molecular formula is C15H20F3NO3S2. The van der Waals surface area contributed by atoms with Crippen LogP contribution in [-0.4, -0.2) is 31.7 Å². The highest BCUT2D eigenvalue weighted by Crippen LogP contribution is 2.50. The maximum Gasteiger partial charge on any atom is 0.446 e. The normalized spacial score (nSPS) is 18.6. The molecule has 136 valence electrons. The largest absolute Gasteiger partial charge is 0.446 e. The van der Waals surface area contributed by atoms with E-state index in [2.05, 4.69) is 4.72 Å².